The first-order valence-corrected chi connectivity index (χ1v) is 5.50. The van der Waals surface area contributed by atoms with Crippen molar-refractivity contribution < 1.29 is 9.84 Å². The van der Waals surface area contributed by atoms with E-state index in [9.17, 15) is 5.11 Å². The number of aliphatic hydroxyl groups is 1. The Morgan fingerprint density at radius 3 is 2.69 bits per heavy atom. The highest BCUT2D eigenvalue weighted by Crippen LogP contribution is 2.48. The molecular formula is C13H15NO2. The SMILES string of the molecule is COc1ccc(C2(O)CC2)c2ccn(C)c12. The Morgan fingerprint density at radius 1 is 1.31 bits per heavy atom. The van der Waals surface area contributed by atoms with Crippen LogP contribution >= 0.6 is 0 Å². The molecule has 1 N–H and O–H groups in total. The summed E-state index contributed by atoms with van der Waals surface area (Å²) in [5.74, 6) is 0.857. The highest BCUT2D eigenvalue weighted by Gasteiger charge is 2.43. The van der Waals surface area contributed by atoms with Gasteiger partial charge in [0.2, 0.25) is 0 Å². The quantitative estimate of drug-likeness (QED) is 0.836. The molecule has 1 aliphatic rings. The predicted octanol–water partition coefficient (Wildman–Crippen LogP) is 2.17. The van der Waals surface area contributed by atoms with Gasteiger partial charge >= 0.3 is 0 Å². The number of rotatable bonds is 2. The molecule has 3 heteroatoms. The average Bonchev–Trinajstić information content (AvgIpc) is 2.92. The molecule has 0 aliphatic heterocycles. The van der Waals surface area contributed by atoms with Gasteiger partial charge in [-0.05, 0) is 30.5 Å². The molecule has 1 aromatic heterocycles. The maximum absolute atomic E-state index is 10.2. The van der Waals surface area contributed by atoms with E-state index in [1.54, 1.807) is 7.11 Å². The number of ether oxygens (including phenoxy) is 1. The van der Waals surface area contributed by atoms with Crippen LogP contribution in [0, 0.1) is 0 Å². The van der Waals surface area contributed by atoms with E-state index in [-0.39, 0.29) is 0 Å². The Balaban J connectivity index is 2.33. The molecule has 3 rings (SSSR count). The molecule has 0 unspecified atom stereocenters. The van der Waals surface area contributed by atoms with E-state index in [4.69, 9.17) is 4.74 Å². The van der Waals surface area contributed by atoms with E-state index < -0.39 is 5.60 Å². The lowest BCUT2D eigenvalue weighted by molar-refractivity contribution is 0.153. The summed E-state index contributed by atoms with van der Waals surface area (Å²) < 4.78 is 7.38. The molecular weight excluding hydrogens is 202 g/mol. The lowest BCUT2D eigenvalue weighted by Crippen LogP contribution is -2.05. The topological polar surface area (TPSA) is 34.4 Å². The van der Waals surface area contributed by atoms with Crippen molar-refractivity contribution in [2.75, 3.05) is 7.11 Å². The van der Waals surface area contributed by atoms with E-state index >= 15 is 0 Å². The first-order valence-electron chi connectivity index (χ1n) is 5.50. The van der Waals surface area contributed by atoms with Gasteiger partial charge in [0.25, 0.3) is 0 Å². The Labute approximate surface area is 94.3 Å². The molecule has 0 spiro atoms. The van der Waals surface area contributed by atoms with Crippen LogP contribution in [0.15, 0.2) is 24.4 Å². The van der Waals surface area contributed by atoms with E-state index in [2.05, 4.69) is 0 Å². The molecule has 16 heavy (non-hydrogen) atoms. The van der Waals surface area contributed by atoms with E-state index in [1.165, 1.54) is 0 Å². The number of hydrogen-bond donors (Lipinski definition) is 1. The number of nitrogens with zero attached hydrogens (tertiary/aromatic N) is 1. The van der Waals surface area contributed by atoms with Crippen LogP contribution in [0.4, 0.5) is 0 Å². The normalized spacial score (nSPS) is 17.7. The summed E-state index contributed by atoms with van der Waals surface area (Å²) in [5, 5.41) is 11.3. The van der Waals surface area contributed by atoms with Crippen molar-refractivity contribution in [1.29, 1.82) is 0 Å². The number of aryl methyl sites for hydroxylation is 1. The summed E-state index contributed by atoms with van der Waals surface area (Å²) >= 11 is 0. The Morgan fingerprint density at radius 2 is 2.06 bits per heavy atom. The Bertz CT molecular complexity index is 552. The Kier molecular flexibility index (Phi) is 1.83. The van der Waals surface area contributed by atoms with Crippen molar-refractivity contribution in [2.24, 2.45) is 7.05 Å². The largest absolute Gasteiger partial charge is 0.495 e. The van der Waals surface area contributed by atoms with Gasteiger partial charge in [-0.2, -0.15) is 0 Å². The monoisotopic (exact) mass is 217 g/mol. The fourth-order valence-corrected chi connectivity index (χ4v) is 2.34. The van der Waals surface area contributed by atoms with Gasteiger partial charge < -0.3 is 14.4 Å². The van der Waals surface area contributed by atoms with Crippen molar-refractivity contribution in [2.45, 2.75) is 18.4 Å². The third-order valence-corrected chi connectivity index (χ3v) is 3.44. The van der Waals surface area contributed by atoms with Crippen LogP contribution in [0.5, 0.6) is 5.75 Å². The maximum atomic E-state index is 10.2. The molecule has 0 radical (unpaired) electrons. The van der Waals surface area contributed by atoms with Crippen molar-refractivity contribution >= 4 is 10.9 Å². The number of benzene rings is 1. The van der Waals surface area contributed by atoms with E-state index in [0.717, 1.165) is 35.1 Å². The van der Waals surface area contributed by atoms with Gasteiger partial charge in [0.15, 0.2) is 0 Å². The van der Waals surface area contributed by atoms with Crippen LogP contribution in [0.2, 0.25) is 0 Å². The molecule has 2 aromatic rings. The molecule has 84 valence electrons. The van der Waals surface area contributed by atoms with Gasteiger partial charge in [0.1, 0.15) is 5.75 Å². The molecule has 1 heterocycles. The molecule has 0 saturated heterocycles. The number of aromatic nitrogens is 1. The standard InChI is InChI=1S/C13H15NO2/c1-14-8-5-9-10(13(15)6-7-13)3-4-11(16-2)12(9)14/h3-5,8,15H,6-7H2,1-2H3. The minimum Gasteiger partial charge on any atom is -0.495 e. The highest BCUT2D eigenvalue weighted by molar-refractivity contribution is 5.90. The van der Waals surface area contributed by atoms with Gasteiger partial charge in [-0.3, -0.25) is 0 Å². The van der Waals surface area contributed by atoms with Crippen LogP contribution in [-0.4, -0.2) is 16.8 Å². The molecule has 1 saturated carbocycles. The fourth-order valence-electron chi connectivity index (χ4n) is 2.34. The summed E-state index contributed by atoms with van der Waals surface area (Å²) in [4.78, 5) is 0. The van der Waals surface area contributed by atoms with Crippen molar-refractivity contribution in [3.8, 4) is 5.75 Å². The molecule has 1 fully saturated rings. The Hall–Kier alpha value is -1.48. The van der Waals surface area contributed by atoms with Crippen molar-refractivity contribution in [3.05, 3.63) is 30.0 Å². The summed E-state index contributed by atoms with van der Waals surface area (Å²) in [5.41, 5.74) is 1.50. The summed E-state index contributed by atoms with van der Waals surface area (Å²) in [6.07, 6.45) is 3.73. The van der Waals surface area contributed by atoms with Gasteiger partial charge in [0, 0.05) is 18.6 Å². The predicted molar refractivity (Wildman–Crippen MR) is 62.6 cm³/mol. The van der Waals surface area contributed by atoms with Crippen LogP contribution in [-0.2, 0) is 12.6 Å². The third-order valence-electron chi connectivity index (χ3n) is 3.44. The van der Waals surface area contributed by atoms with Crippen LogP contribution in [0.3, 0.4) is 0 Å². The second kappa shape index (κ2) is 3.01. The van der Waals surface area contributed by atoms with Gasteiger partial charge in [-0.1, -0.05) is 6.07 Å². The first-order chi connectivity index (χ1) is 7.65. The molecule has 3 nitrogen and oxygen atoms in total. The van der Waals surface area contributed by atoms with E-state index in [0.29, 0.717) is 0 Å². The van der Waals surface area contributed by atoms with Gasteiger partial charge in [-0.15, -0.1) is 0 Å². The molecule has 1 aromatic carbocycles. The molecule has 1 aliphatic carbocycles. The second-order valence-corrected chi connectivity index (χ2v) is 4.54. The zero-order valence-corrected chi connectivity index (χ0v) is 9.53. The lowest BCUT2D eigenvalue weighted by atomic mass is 10.0. The van der Waals surface area contributed by atoms with Crippen LogP contribution in [0.25, 0.3) is 10.9 Å². The minimum absolute atomic E-state index is 0.591. The van der Waals surface area contributed by atoms with Crippen LogP contribution < -0.4 is 4.74 Å². The summed E-state index contributed by atoms with van der Waals surface area (Å²) in [6, 6.07) is 5.96. The second-order valence-electron chi connectivity index (χ2n) is 4.54. The highest BCUT2D eigenvalue weighted by atomic mass is 16.5. The van der Waals surface area contributed by atoms with Crippen LogP contribution in [0.1, 0.15) is 18.4 Å². The molecule has 0 amide bonds. The average molecular weight is 217 g/mol. The fraction of sp³-hybridized carbons (Fsp3) is 0.385. The maximum Gasteiger partial charge on any atom is 0.143 e. The number of hydrogen-bond acceptors (Lipinski definition) is 2. The third kappa shape index (κ3) is 1.18. The van der Waals surface area contributed by atoms with E-state index in [1.807, 2.05) is 36.0 Å². The van der Waals surface area contributed by atoms with Crippen molar-refractivity contribution in [3.63, 3.8) is 0 Å². The molecule has 0 bridgehead atoms. The van der Waals surface area contributed by atoms with Gasteiger partial charge in [0.05, 0.1) is 18.2 Å². The van der Waals surface area contributed by atoms with Crippen molar-refractivity contribution in [1.82, 2.24) is 4.57 Å². The summed E-state index contributed by atoms with van der Waals surface area (Å²) in [7, 11) is 3.67. The minimum atomic E-state index is -0.591. The zero-order valence-electron chi connectivity index (χ0n) is 9.53. The smallest absolute Gasteiger partial charge is 0.143 e. The number of methoxy groups -OCH3 is 1. The van der Waals surface area contributed by atoms with Gasteiger partial charge in [-0.25, -0.2) is 0 Å². The summed E-state index contributed by atoms with van der Waals surface area (Å²) in [6.45, 7) is 0. The number of fused-ring (bicyclic) bond motifs is 1. The zero-order chi connectivity index (χ0) is 11.3. The lowest BCUT2D eigenvalue weighted by Gasteiger charge is -2.12. The molecule has 0 atom stereocenters. The first kappa shape index (κ1) is 9.73.